The first kappa shape index (κ1) is 9.01. The van der Waals surface area contributed by atoms with E-state index in [0.29, 0.717) is 0 Å². The van der Waals surface area contributed by atoms with Gasteiger partial charge in [0.05, 0.1) is 6.10 Å². The highest BCUT2D eigenvalue weighted by atomic mass is 16.3. The summed E-state index contributed by atoms with van der Waals surface area (Å²) in [4.78, 5) is 0. The van der Waals surface area contributed by atoms with Gasteiger partial charge in [-0.25, -0.2) is 0 Å². The van der Waals surface area contributed by atoms with Gasteiger partial charge in [-0.1, -0.05) is 0 Å². The third-order valence-electron chi connectivity index (χ3n) is 2.17. The lowest BCUT2D eigenvalue weighted by Gasteiger charge is -2.44. The Morgan fingerprint density at radius 2 is 1.55 bits per heavy atom. The highest BCUT2D eigenvalue weighted by molar-refractivity contribution is 4.96. The molecule has 0 aliphatic carbocycles. The fraction of sp³-hybridized carbons (Fsp3) is 1.00. The average Bonchev–Trinajstić information content (AvgIpc) is 1.49. The van der Waals surface area contributed by atoms with E-state index in [1.807, 2.05) is 0 Å². The van der Waals surface area contributed by atoms with Gasteiger partial charge in [-0.05, 0) is 40.5 Å². The Kier molecular flexibility index (Phi) is 2.01. The van der Waals surface area contributed by atoms with Crippen molar-refractivity contribution < 1.29 is 6.53 Å². The zero-order valence-corrected chi connectivity index (χ0v) is 7.94. The first-order chi connectivity index (χ1) is 4.81. The summed E-state index contributed by atoms with van der Waals surface area (Å²) in [5.41, 5.74) is 0.169. The van der Waals surface area contributed by atoms with E-state index in [9.17, 15) is 5.11 Å². The Morgan fingerprint density at radius 1 is 1.18 bits per heavy atom. The van der Waals surface area contributed by atoms with Crippen LogP contribution in [-0.2, 0) is 0 Å². The van der Waals surface area contributed by atoms with Gasteiger partial charge in [-0.15, -0.1) is 0 Å². The highest BCUT2D eigenvalue weighted by Crippen LogP contribution is 2.27. The van der Waals surface area contributed by atoms with Crippen molar-refractivity contribution in [2.75, 3.05) is 0 Å². The molecule has 1 aliphatic rings. The summed E-state index contributed by atoms with van der Waals surface area (Å²) in [6.07, 6.45) is 1.58. The van der Waals surface area contributed by atoms with Gasteiger partial charge in [0, 0.05) is 12.5 Å². The van der Waals surface area contributed by atoms with Crippen LogP contribution < -0.4 is 5.32 Å². The monoisotopic (exact) mass is 159 g/mol. The SMILES string of the molecule is CC1(C)CC(O)CC(C)(C)N1.[HH]. The average molecular weight is 159 g/mol. The van der Waals surface area contributed by atoms with Crippen molar-refractivity contribution in [2.24, 2.45) is 0 Å². The van der Waals surface area contributed by atoms with Gasteiger partial charge in [0.25, 0.3) is 0 Å². The maximum atomic E-state index is 9.54. The molecule has 0 bridgehead atoms. The fourth-order valence-corrected chi connectivity index (χ4v) is 2.27. The number of piperidine rings is 1. The Morgan fingerprint density at radius 3 is 1.82 bits per heavy atom. The molecule has 1 heterocycles. The lowest BCUT2D eigenvalue weighted by atomic mass is 9.81. The van der Waals surface area contributed by atoms with Crippen LogP contribution in [-0.4, -0.2) is 22.3 Å². The maximum absolute atomic E-state index is 9.54. The van der Waals surface area contributed by atoms with Crippen LogP contribution in [0.3, 0.4) is 0 Å². The van der Waals surface area contributed by atoms with E-state index >= 15 is 0 Å². The van der Waals surface area contributed by atoms with Gasteiger partial charge in [0.15, 0.2) is 0 Å². The normalized spacial score (nSPS) is 30.3. The summed E-state index contributed by atoms with van der Waals surface area (Å²) >= 11 is 0. The summed E-state index contributed by atoms with van der Waals surface area (Å²) in [6, 6.07) is 0. The van der Waals surface area contributed by atoms with Crippen molar-refractivity contribution in [3.8, 4) is 0 Å². The molecule has 0 saturated carbocycles. The summed E-state index contributed by atoms with van der Waals surface area (Å²) in [6.45, 7) is 8.54. The Balaban J connectivity index is 0.00000121. The number of aliphatic hydroxyl groups is 1. The lowest BCUT2D eigenvalue weighted by Crippen LogP contribution is -2.59. The van der Waals surface area contributed by atoms with Crippen molar-refractivity contribution >= 4 is 0 Å². The Bertz CT molecular complexity index is 141. The van der Waals surface area contributed by atoms with Gasteiger partial charge in [-0.3, -0.25) is 0 Å². The van der Waals surface area contributed by atoms with Crippen LogP contribution in [0, 0.1) is 0 Å². The molecule has 68 valence electrons. The minimum absolute atomic E-state index is 0. The molecule has 0 atom stereocenters. The molecule has 0 aromatic carbocycles. The predicted molar refractivity (Wildman–Crippen MR) is 48.6 cm³/mol. The van der Waals surface area contributed by atoms with Gasteiger partial charge < -0.3 is 10.4 Å². The smallest absolute Gasteiger partial charge is 0.0575 e. The maximum Gasteiger partial charge on any atom is 0.0575 e. The van der Waals surface area contributed by atoms with Crippen LogP contribution in [0.25, 0.3) is 0 Å². The second-order valence-electron chi connectivity index (χ2n) is 4.95. The summed E-state index contributed by atoms with van der Waals surface area (Å²) < 4.78 is 0. The molecule has 1 saturated heterocycles. The quantitative estimate of drug-likeness (QED) is 0.562. The number of hydrogen-bond donors (Lipinski definition) is 2. The van der Waals surface area contributed by atoms with Gasteiger partial charge in [0.2, 0.25) is 0 Å². The van der Waals surface area contributed by atoms with E-state index < -0.39 is 0 Å². The molecular formula is C9H21NO. The first-order valence-corrected chi connectivity index (χ1v) is 4.28. The second-order valence-corrected chi connectivity index (χ2v) is 4.95. The molecule has 0 spiro atoms. The summed E-state index contributed by atoms with van der Waals surface area (Å²) in [5, 5.41) is 13.0. The van der Waals surface area contributed by atoms with Gasteiger partial charge in [0.1, 0.15) is 0 Å². The molecular weight excluding hydrogens is 138 g/mol. The van der Waals surface area contributed by atoms with Crippen molar-refractivity contribution in [1.29, 1.82) is 0 Å². The molecule has 0 unspecified atom stereocenters. The lowest BCUT2D eigenvalue weighted by molar-refractivity contribution is 0.0396. The van der Waals surface area contributed by atoms with E-state index in [-0.39, 0.29) is 18.6 Å². The highest BCUT2D eigenvalue weighted by Gasteiger charge is 2.36. The Hall–Kier alpha value is -0.0800. The van der Waals surface area contributed by atoms with Crippen molar-refractivity contribution in [3.05, 3.63) is 0 Å². The molecule has 2 nitrogen and oxygen atoms in total. The molecule has 0 aromatic rings. The topological polar surface area (TPSA) is 32.3 Å². The first-order valence-electron chi connectivity index (χ1n) is 4.28. The van der Waals surface area contributed by atoms with Crippen LogP contribution in [0.5, 0.6) is 0 Å². The van der Waals surface area contributed by atoms with E-state index in [1.165, 1.54) is 0 Å². The van der Waals surface area contributed by atoms with Crippen LogP contribution in [0.1, 0.15) is 42.0 Å². The van der Waals surface area contributed by atoms with Crippen LogP contribution in [0.15, 0.2) is 0 Å². The largest absolute Gasteiger partial charge is 0.393 e. The molecule has 2 heteroatoms. The van der Waals surface area contributed by atoms with Gasteiger partial charge >= 0.3 is 0 Å². The second kappa shape index (κ2) is 2.46. The molecule has 1 fully saturated rings. The van der Waals surface area contributed by atoms with Crippen LogP contribution in [0.2, 0.25) is 0 Å². The third kappa shape index (κ3) is 2.46. The molecule has 1 rings (SSSR count). The van der Waals surface area contributed by atoms with E-state index in [0.717, 1.165) is 12.8 Å². The minimum Gasteiger partial charge on any atom is -0.393 e. The Labute approximate surface area is 70.5 Å². The third-order valence-corrected chi connectivity index (χ3v) is 2.17. The number of nitrogens with one attached hydrogen (secondary N) is 1. The zero-order valence-electron chi connectivity index (χ0n) is 7.94. The summed E-state index contributed by atoms with van der Waals surface area (Å²) in [7, 11) is 0. The standard InChI is InChI=1S/C9H19NO.H2/c1-8(2)5-7(11)6-9(3,4)10-8;/h7,10-11H,5-6H2,1-4H3;1H. The molecule has 2 N–H and O–H groups in total. The molecule has 0 aromatic heterocycles. The fourth-order valence-electron chi connectivity index (χ4n) is 2.27. The molecule has 1 aliphatic heterocycles. The van der Waals surface area contributed by atoms with Crippen LogP contribution >= 0.6 is 0 Å². The van der Waals surface area contributed by atoms with E-state index in [2.05, 4.69) is 33.0 Å². The van der Waals surface area contributed by atoms with E-state index in [4.69, 9.17) is 0 Å². The minimum atomic E-state index is -0.138. The van der Waals surface area contributed by atoms with Crippen molar-refractivity contribution in [2.45, 2.75) is 57.7 Å². The molecule has 0 amide bonds. The van der Waals surface area contributed by atoms with E-state index in [1.54, 1.807) is 0 Å². The predicted octanol–water partition coefficient (Wildman–Crippen LogP) is 1.53. The zero-order chi connectivity index (χ0) is 8.70. The molecule has 0 radical (unpaired) electrons. The molecule has 11 heavy (non-hydrogen) atoms. The van der Waals surface area contributed by atoms with Gasteiger partial charge in [-0.2, -0.15) is 0 Å². The van der Waals surface area contributed by atoms with Crippen molar-refractivity contribution in [1.82, 2.24) is 5.32 Å². The number of aliphatic hydroxyl groups excluding tert-OH is 1. The number of rotatable bonds is 0. The number of hydrogen-bond acceptors (Lipinski definition) is 2. The van der Waals surface area contributed by atoms with Crippen LogP contribution in [0.4, 0.5) is 0 Å². The summed E-state index contributed by atoms with van der Waals surface area (Å²) in [5.74, 6) is 0. The van der Waals surface area contributed by atoms with Crippen molar-refractivity contribution in [3.63, 3.8) is 0 Å².